The third kappa shape index (κ3) is 20.2. The quantitative estimate of drug-likeness (QED) is 0.164. The predicted molar refractivity (Wildman–Crippen MR) is 387 cm³/mol. The molecule has 24 nitrogen and oxygen atoms in total. The van der Waals surface area contributed by atoms with Crippen LogP contribution in [0.3, 0.4) is 0 Å². The first-order valence-electron chi connectivity index (χ1n) is 35.9. The third-order valence-electron chi connectivity index (χ3n) is 21.3. The SMILES string of the molecule is CC[C@H](C)[C@@H]1NC(=O)[C@H](CC(C)C)N(C)C(=O)C[C@@H](C(=O)N(C)C)N(C)C(=O)[C@H]([C@@H](C)CC)N(C)C(=O)C2(CCCC2)NC(=O)[C@H](Cc2ccccc2)N(C)C(=O)[C@H](CCc2ccc(C(F)(F)F)c(Cl)c2)NC(=O)CN(C)C(=O)[C@H](Cc2ccc(C)cc2)N(C)C(=O)C2CCN2C(=O)[C@H](C)N(C)C1=O. The third-order valence-corrected chi connectivity index (χ3v) is 21.6. The Labute approximate surface area is 615 Å². The fourth-order valence-corrected chi connectivity index (χ4v) is 14.2. The number of amides is 12. The molecule has 12 amide bonds. The van der Waals surface area contributed by atoms with Crippen LogP contribution in [0.4, 0.5) is 13.2 Å². The molecule has 0 radical (unpaired) electrons. The maximum atomic E-state index is 15.7. The monoisotopic (exact) mass is 1470 g/mol. The number of benzene rings is 3. The molecule has 1 unspecified atom stereocenters. The van der Waals surface area contributed by atoms with Gasteiger partial charge in [-0.05, 0) is 98.9 Å². The Kier molecular flexibility index (Phi) is 29.5. The Morgan fingerprint density at radius 3 is 1.77 bits per heavy atom. The molecule has 6 rings (SSSR count). The van der Waals surface area contributed by atoms with Gasteiger partial charge in [0.1, 0.15) is 59.9 Å². The molecule has 3 aromatic rings. The molecule has 3 fully saturated rings. The first kappa shape index (κ1) is 84.3. The number of likely N-dealkylation sites (N-methyl/N-ethyl adjacent to an activating group) is 8. The summed E-state index contributed by atoms with van der Waals surface area (Å²) in [7, 11) is 12.6. The first-order chi connectivity index (χ1) is 48.7. The number of aryl methyl sites for hydroxylation is 2. The van der Waals surface area contributed by atoms with Crippen molar-refractivity contribution in [2.75, 3.05) is 76.5 Å². The van der Waals surface area contributed by atoms with Crippen LogP contribution in [0.25, 0.3) is 0 Å². The number of nitrogens with one attached hydrogen (secondary N) is 3. The fraction of sp³-hybridized carbons (Fsp3) is 0.605. The van der Waals surface area contributed by atoms with Crippen LogP contribution in [0.5, 0.6) is 0 Å². The molecule has 3 aliphatic rings. The van der Waals surface area contributed by atoms with Gasteiger partial charge < -0.3 is 60.0 Å². The maximum Gasteiger partial charge on any atom is 0.417 e. The fourth-order valence-electron chi connectivity index (χ4n) is 13.9. The zero-order valence-corrected chi connectivity index (χ0v) is 64.2. The van der Waals surface area contributed by atoms with E-state index in [9.17, 15) is 46.7 Å². The maximum absolute atomic E-state index is 15.7. The number of hydrogen-bond acceptors (Lipinski definition) is 12. The number of nitrogens with zero attached hydrogens (tertiary/aromatic N) is 9. The molecule has 2 heterocycles. The van der Waals surface area contributed by atoms with Crippen LogP contribution in [-0.2, 0) is 83.0 Å². The van der Waals surface area contributed by atoms with Crippen molar-refractivity contribution in [3.05, 3.63) is 106 Å². The Hall–Kier alpha value is -8.62. The standard InChI is InChI=1S/C76H108ClF3N12O12/c1-18-47(6)63-72(102)86(12)49(8)67(97)92-38-35-56(92)71(101)89(15)59(42-52-29-27-46(5)28-30-52)70(100)85(11)44-61(93)81-55(34-32-51-31-33-53(54(77)40-51)76(78,79)80)68(98)88(14)58(41-50-25-21-20-22-26-50)66(96)83-75(36-23-24-37-75)74(104)91(17)64(48(7)19-2)73(103)90(16)60(69(99)84(9)10)43-62(94)87(13)57(39-45(3)4)65(95)82-63/h20-22,25-31,33,40,45,47-49,55-60,63-64H,18-19,23-24,32,34-39,41-44H2,1-17H3,(H,81,93)(H,82,95)(H,83,96)/t47-,48-,49-,55-,56?,57-,58-,59-,60-,63-,64-/m0/s1. The van der Waals surface area contributed by atoms with E-state index in [1.807, 2.05) is 46.8 Å². The molecule has 1 saturated carbocycles. The van der Waals surface area contributed by atoms with E-state index in [2.05, 4.69) is 16.0 Å². The van der Waals surface area contributed by atoms with Crippen molar-refractivity contribution in [2.24, 2.45) is 17.8 Å². The number of fused-ring (bicyclic) bond motifs is 1. The summed E-state index contributed by atoms with van der Waals surface area (Å²) < 4.78 is 41.9. The molecule has 104 heavy (non-hydrogen) atoms. The number of hydrogen-bond donors (Lipinski definition) is 3. The van der Waals surface area contributed by atoms with E-state index in [0.717, 1.165) is 32.4 Å². The molecule has 2 aliphatic heterocycles. The van der Waals surface area contributed by atoms with Gasteiger partial charge in [0, 0.05) is 82.8 Å². The lowest BCUT2D eigenvalue weighted by molar-refractivity contribution is -0.160. The van der Waals surface area contributed by atoms with Gasteiger partial charge in [-0.3, -0.25) is 57.5 Å². The van der Waals surface area contributed by atoms with Crippen molar-refractivity contribution in [2.45, 2.75) is 205 Å². The smallest absolute Gasteiger partial charge is 0.347 e. The van der Waals surface area contributed by atoms with E-state index in [4.69, 9.17) is 11.6 Å². The summed E-state index contributed by atoms with van der Waals surface area (Å²) in [6.07, 6.45) is -3.97. The van der Waals surface area contributed by atoms with Gasteiger partial charge >= 0.3 is 6.18 Å². The lowest BCUT2D eigenvalue weighted by Crippen LogP contribution is -2.65. The number of carbonyl (C=O) groups is 12. The van der Waals surface area contributed by atoms with Crippen LogP contribution < -0.4 is 16.0 Å². The van der Waals surface area contributed by atoms with E-state index >= 15 is 24.0 Å². The second-order valence-electron chi connectivity index (χ2n) is 29.4. The molecule has 28 heteroatoms. The average Bonchev–Trinajstić information content (AvgIpc) is 1.14. The molecule has 0 aromatic heterocycles. The molecule has 2 saturated heterocycles. The summed E-state index contributed by atoms with van der Waals surface area (Å²) in [4.78, 5) is 191. The number of alkyl halides is 3. The van der Waals surface area contributed by atoms with E-state index in [1.54, 1.807) is 56.3 Å². The molecule has 3 aromatic carbocycles. The van der Waals surface area contributed by atoms with Crippen molar-refractivity contribution in [3.8, 4) is 0 Å². The van der Waals surface area contributed by atoms with Crippen LogP contribution in [0.2, 0.25) is 5.02 Å². The summed E-state index contributed by atoms with van der Waals surface area (Å²) in [6.45, 7) is 13.6. The second kappa shape index (κ2) is 36.4. The van der Waals surface area contributed by atoms with Gasteiger partial charge in [0.05, 0.1) is 23.6 Å². The van der Waals surface area contributed by atoms with Gasteiger partial charge in [0.2, 0.25) is 70.9 Å². The van der Waals surface area contributed by atoms with E-state index in [-0.39, 0.29) is 69.4 Å². The van der Waals surface area contributed by atoms with Crippen LogP contribution in [0, 0.1) is 24.7 Å². The summed E-state index contributed by atoms with van der Waals surface area (Å²) >= 11 is 6.19. The second-order valence-corrected chi connectivity index (χ2v) is 29.8. The highest BCUT2D eigenvalue weighted by Gasteiger charge is 2.51. The number of carbonyl (C=O) groups excluding carboxylic acids is 12. The number of halogens is 4. The molecular weight excluding hydrogens is 1370 g/mol. The highest BCUT2D eigenvalue weighted by molar-refractivity contribution is 6.31. The average molecular weight is 1470 g/mol. The molecule has 572 valence electrons. The summed E-state index contributed by atoms with van der Waals surface area (Å²) in [5.74, 6) is -9.89. The minimum Gasteiger partial charge on any atom is -0.347 e. The normalized spacial score (nSPS) is 24.9. The molecule has 1 spiro atoms. The van der Waals surface area contributed by atoms with Crippen molar-refractivity contribution in [1.29, 1.82) is 0 Å². The summed E-state index contributed by atoms with van der Waals surface area (Å²) in [6, 6.07) is 7.12. The molecule has 0 bridgehead atoms. The van der Waals surface area contributed by atoms with Crippen LogP contribution in [-0.4, -0.2) is 251 Å². The topological polar surface area (TPSA) is 270 Å². The zero-order valence-electron chi connectivity index (χ0n) is 63.4. The largest absolute Gasteiger partial charge is 0.417 e. The Morgan fingerprint density at radius 1 is 0.644 bits per heavy atom. The number of rotatable bonds is 14. The van der Waals surface area contributed by atoms with Crippen molar-refractivity contribution in [1.82, 2.24) is 60.0 Å². The predicted octanol–water partition coefficient (Wildman–Crippen LogP) is 6.16. The van der Waals surface area contributed by atoms with Gasteiger partial charge in [0.25, 0.3) is 0 Å². The van der Waals surface area contributed by atoms with Crippen LogP contribution in [0.1, 0.15) is 140 Å². The molecule has 3 N–H and O–H groups in total. The van der Waals surface area contributed by atoms with Gasteiger partial charge in [-0.1, -0.05) is 145 Å². The summed E-state index contributed by atoms with van der Waals surface area (Å²) in [5.41, 5.74) is -0.403. The highest BCUT2D eigenvalue weighted by Crippen LogP contribution is 2.37. The van der Waals surface area contributed by atoms with E-state index < -0.39 is 172 Å². The Balaban J connectivity index is 1.50. The Bertz CT molecular complexity index is 3600. The zero-order chi connectivity index (χ0) is 77.7. The van der Waals surface area contributed by atoms with Gasteiger partial charge in [0.15, 0.2) is 0 Å². The van der Waals surface area contributed by atoms with Crippen LogP contribution >= 0.6 is 11.6 Å². The molecular formula is C76H108ClF3N12O12. The first-order valence-corrected chi connectivity index (χ1v) is 36.3. The molecule has 1 aliphatic carbocycles. The van der Waals surface area contributed by atoms with Gasteiger partial charge in [-0.25, -0.2) is 0 Å². The van der Waals surface area contributed by atoms with Crippen molar-refractivity contribution < 1.29 is 70.7 Å². The lowest BCUT2D eigenvalue weighted by atomic mass is 9.90. The van der Waals surface area contributed by atoms with Gasteiger partial charge in [-0.2, -0.15) is 13.2 Å². The summed E-state index contributed by atoms with van der Waals surface area (Å²) in [5, 5.41) is 8.08. The molecule has 11 atom stereocenters. The van der Waals surface area contributed by atoms with Crippen molar-refractivity contribution >= 4 is 82.5 Å². The van der Waals surface area contributed by atoms with Crippen LogP contribution in [0.15, 0.2) is 72.8 Å². The van der Waals surface area contributed by atoms with Gasteiger partial charge in [-0.15, -0.1) is 0 Å². The van der Waals surface area contributed by atoms with E-state index in [0.29, 0.717) is 36.8 Å². The lowest BCUT2D eigenvalue weighted by Gasteiger charge is -2.45. The Morgan fingerprint density at radius 2 is 1.22 bits per heavy atom. The minimum absolute atomic E-state index is 0.0630. The highest BCUT2D eigenvalue weighted by atomic mass is 35.5. The minimum atomic E-state index is -4.79. The van der Waals surface area contributed by atoms with Crippen molar-refractivity contribution in [3.63, 3.8) is 0 Å². The van der Waals surface area contributed by atoms with E-state index in [1.165, 1.54) is 106 Å².